The van der Waals surface area contributed by atoms with Gasteiger partial charge in [0.05, 0.1) is 21.8 Å². The molecular weight excluding hydrogens is 297 g/mol. The number of hydrogen-bond acceptors (Lipinski definition) is 3. The topological polar surface area (TPSA) is 58.4 Å². The highest BCUT2D eigenvalue weighted by Gasteiger charge is 2.27. The van der Waals surface area contributed by atoms with Gasteiger partial charge in [-0.2, -0.15) is 0 Å². The zero-order valence-corrected chi connectivity index (χ0v) is 13.1. The number of amides is 1. The normalized spacial score (nSPS) is 16.2. The number of hydrogen-bond donors (Lipinski definition) is 2. The molecule has 2 rings (SSSR count). The van der Waals surface area contributed by atoms with Crippen LogP contribution in [-0.4, -0.2) is 30.4 Å². The molecule has 4 nitrogen and oxygen atoms in total. The first-order valence-electron chi connectivity index (χ1n) is 6.64. The van der Waals surface area contributed by atoms with Crippen LogP contribution in [0, 0.1) is 5.92 Å². The van der Waals surface area contributed by atoms with Crippen molar-refractivity contribution >= 4 is 40.5 Å². The molecule has 0 aliphatic heterocycles. The molecule has 1 atom stereocenters. The molecule has 1 aliphatic carbocycles. The SMILES string of the molecule is CC(C(=O)Nc1c(Cl)cc(N)cc1Cl)N(C)CC1CC1. The lowest BCUT2D eigenvalue weighted by Crippen LogP contribution is -2.40. The predicted octanol–water partition coefficient (Wildman–Crippen LogP) is 3.24. The lowest BCUT2D eigenvalue weighted by Gasteiger charge is -2.24. The third-order valence-corrected chi connectivity index (χ3v) is 4.19. The van der Waals surface area contributed by atoms with Gasteiger partial charge in [0.25, 0.3) is 0 Å². The fourth-order valence-corrected chi connectivity index (χ4v) is 2.60. The van der Waals surface area contributed by atoms with E-state index in [9.17, 15) is 4.79 Å². The number of carbonyl (C=O) groups excluding carboxylic acids is 1. The fraction of sp³-hybridized carbons (Fsp3) is 0.500. The summed E-state index contributed by atoms with van der Waals surface area (Å²) in [6.07, 6.45) is 2.52. The summed E-state index contributed by atoms with van der Waals surface area (Å²) >= 11 is 12.1. The summed E-state index contributed by atoms with van der Waals surface area (Å²) in [5.74, 6) is 0.612. The number of nitrogens with zero attached hydrogens (tertiary/aromatic N) is 1. The first kappa shape index (κ1) is 15.4. The highest BCUT2D eigenvalue weighted by molar-refractivity contribution is 6.40. The molecule has 1 unspecified atom stereocenters. The van der Waals surface area contributed by atoms with Gasteiger partial charge in [-0.3, -0.25) is 9.69 Å². The van der Waals surface area contributed by atoms with E-state index in [0.717, 1.165) is 12.5 Å². The number of nitrogen functional groups attached to an aromatic ring is 1. The van der Waals surface area contributed by atoms with Crippen molar-refractivity contribution in [3.05, 3.63) is 22.2 Å². The van der Waals surface area contributed by atoms with Crippen LogP contribution in [-0.2, 0) is 4.79 Å². The third kappa shape index (κ3) is 3.78. The number of carbonyl (C=O) groups is 1. The maximum atomic E-state index is 12.2. The Morgan fingerprint density at radius 2 is 2.00 bits per heavy atom. The number of halogens is 2. The van der Waals surface area contributed by atoms with E-state index in [-0.39, 0.29) is 11.9 Å². The molecule has 3 N–H and O–H groups in total. The number of anilines is 2. The lowest BCUT2D eigenvalue weighted by molar-refractivity contribution is -0.120. The van der Waals surface area contributed by atoms with Gasteiger partial charge in [0.15, 0.2) is 0 Å². The van der Waals surface area contributed by atoms with Crippen molar-refractivity contribution in [1.29, 1.82) is 0 Å². The minimum absolute atomic E-state index is 0.123. The summed E-state index contributed by atoms with van der Waals surface area (Å²) in [5.41, 5.74) is 6.52. The highest BCUT2D eigenvalue weighted by atomic mass is 35.5. The zero-order valence-electron chi connectivity index (χ0n) is 11.6. The molecule has 1 saturated carbocycles. The van der Waals surface area contributed by atoms with Crippen LogP contribution in [0.5, 0.6) is 0 Å². The van der Waals surface area contributed by atoms with Gasteiger partial charge >= 0.3 is 0 Å². The van der Waals surface area contributed by atoms with E-state index in [1.165, 1.54) is 12.8 Å². The predicted molar refractivity (Wildman–Crippen MR) is 84.3 cm³/mol. The Labute approximate surface area is 129 Å². The van der Waals surface area contributed by atoms with Crippen molar-refractivity contribution in [1.82, 2.24) is 4.90 Å². The van der Waals surface area contributed by atoms with Crippen molar-refractivity contribution in [2.24, 2.45) is 5.92 Å². The molecule has 1 aromatic carbocycles. The Kier molecular flexibility index (Phi) is 4.78. The van der Waals surface area contributed by atoms with Crippen LogP contribution >= 0.6 is 23.2 Å². The van der Waals surface area contributed by atoms with Crippen molar-refractivity contribution < 1.29 is 4.79 Å². The monoisotopic (exact) mass is 315 g/mol. The van der Waals surface area contributed by atoms with E-state index >= 15 is 0 Å². The lowest BCUT2D eigenvalue weighted by atomic mass is 10.2. The molecule has 1 aromatic rings. The van der Waals surface area contributed by atoms with Crippen LogP contribution in [0.15, 0.2) is 12.1 Å². The molecule has 0 aromatic heterocycles. The molecule has 110 valence electrons. The Bertz CT molecular complexity index is 494. The van der Waals surface area contributed by atoms with Crippen LogP contribution in [0.4, 0.5) is 11.4 Å². The van der Waals surface area contributed by atoms with Crippen molar-refractivity contribution in [3.8, 4) is 0 Å². The van der Waals surface area contributed by atoms with E-state index in [0.29, 0.717) is 21.4 Å². The maximum Gasteiger partial charge on any atom is 0.241 e. The Morgan fingerprint density at radius 1 is 1.45 bits per heavy atom. The average molecular weight is 316 g/mol. The summed E-state index contributed by atoms with van der Waals surface area (Å²) in [6.45, 7) is 2.81. The molecule has 0 heterocycles. The number of nitrogens with one attached hydrogen (secondary N) is 1. The third-order valence-electron chi connectivity index (χ3n) is 3.60. The van der Waals surface area contributed by atoms with E-state index < -0.39 is 0 Å². The van der Waals surface area contributed by atoms with Gasteiger partial charge in [-0.05, 0) is 44.9 Å². The van der Waals surface area contributed by atoms with Gasteiger partial charge in [-0.15, -0.1) is 0 Å². The number of benzene rings is 1. The minimum Gasteiger partial charge on any atom is -0.399 e. The van der Waals surface area contributed by atoms with Gasteiger partial charge in [-0.1, -0.05) is 23.2 Å². The van der Waals surface area contributed by atoms with E-state index in [1.54, 1.807) is 12.1 Å². The zero-order chi connectivity index (χ0) is 14.9. The summed E-state index contributed by atoms with van der Waals surface area (Å²) in [5, 5.41) is 3.48. The number of nitrogens with two attached hydrogens (primary N) is 1. The Hall–Kier alpha value is -0.970. The van der Waals surface area contributed by atoms with Crippen molar-refractivity contribution in [3.63, 3.8) is 0 Å². The van der Waals surface area contributed by atoms with E-state index in [4.69, 9.17) is 28.9 Å². The van der Waals surface area contributed by atoms with Gasteiger partial charge in [-0.25, -0.2) is 0 Å². The standard InChI is InChI=1S/C14H19Cl2N3O/c1-8(19(2)7-9-3-4-9)14(20)18-13-11(15)5-10(17)6-12(13)16/h5-6,8-9H,3-4,7,17H2,1-2H3,(H,18,20). The van der Waals surface area contributed by atoms with Crippen LogP contribution in [0.2, 0.25) is 10.0 Å². The molecule has 1 aliphatic rings. The summed E-state index contributed by atoms with van der Waals surface area (Å²) in [4.78, 5) is 14.3. The van der Waals surface area contributed by atoms with E-state index in [2.05, 4.69) is 5.32 Å². The fourth-order valence-electron chi connectivity index (χ4n) is 2.01. The molecule has 1 fully saturated rings. The molecular formula is C14H19Cl2N3O. The van der Waals surface area contributed by atoms with E-state index in [1.807, 2.05) is 18.9 Å². The first-order valence-corrected chi connectivity index (χ1v) is 7.39. The highest BCUT2D eigenvalue weighted by Crippen LogP contribution is 2.33. The molecule has 0 saturated heterocycles. The minimum atomic E-state index is -0.236. The summed E-state index contributed by atoms with van der Waals surface area (Å²) < 4.78 is 0. The molecule has 6 heteroatoms. The average Bonchev–Trinajstić information content (AvgIpc) is 3.16. The van der Waals surface area contributed by atoms with Crippen molar-refractivity contribution in [2.45, 2.75) is 25.8 Å². The first-order chi connectivity index (χ1) is 9.38. The van der Waals surface area contributed by atoms with Gasteiger partial charge < -0.3 is 11.1 Å². The molecule has 0 spiro atoms. The van der Waals surface area contributed by atoms with Gasteiger partial charge in [0, 0.05) is 12.2 Å². The van der Waals surface area contributed by atoms with Gasteiger partial charge in [0.1, 0.15) is 0 Å². The van der Waals surface area contributed by atoms with Crippen molar-refractivity contribution in [2.75, 3.05) is 24.6 Å². The maximum absolute atomic E-state index is 12.2. The Balaban J connectivity index is 2.03. The van der Waals surface area contributed by atoms with Crippen LogP contribution in [0.1, 0.15) is 19.8 Å². The van der Waals surface area contributed by atoms with Crippen LogP contribution < -0.4 is 11.1 Å². The largest absolute Gasteiger partial charge is 0.399 e. The molecule has 0 radical (unpaired) electrons. The van der Waals surface area contributed by atoms with Crippen LogP contribution in [0.25, 0.3) is 0 Å². The Morgan fingerprint density at radius 3 is 2.50 bits per heavy atom. The second-order valence-corrected chi connectivity index (χ2v) is 6.22. The molecule has 0 bridgehead atoms. The number of rotatable bonds is 5. The second kappa shape index (κ2) is 6.20. The van der Waals surface area contributed by atoms with Gasteiger partial charge in [0.2, 0.25) is 5.91 Å². The second-order valence-electron chi connectivity index (χ2n) is 5.41. The molecule has 1 amide bonds. The summed E-state index contributed by atoms with van der Waals surface area (Å²) in [6, 6.07) is 2.91. The molecule has 20 heavy (non-hydrogen) atoms. The smallest absolute Gasteiger partial charge is 0.241 e. The number of likely N-dealkylation sites (N-methyl/N-ethyl adjacent to an activating group) is 1. The quantitative estimate of drug-likeness (QED) is 0.820. The summed E-state index contributed by atoms with van der Waals surface area (Å²) in [7, 11) is 1.95. The van der Waals surface area contributed by atoms with Crippen LogP contribution in [0.3, 0.4) is 0 Å².